The van der Waals surface area contributed by atoms with Crippen molar-refractivity contribution < 1.29 is 51.3 Å². The minimum atomic E-state index is -4.42. The molecule has 0 saturated carbocycles. The van der Waals surface area contributed by atoms with Gasteiger partial charge in [-0.2, -0.15) is 4.72 Å². The van der Waals surface area contributed by atoms with E-state index in [1.165, 1.54) is 6.07 Å². The third-order valence-corrected chi connectivity index (χ3v) is 7.42. The molecule has 1 aliphatic rings. The van der Waals surface area contributed by atoms with E-state index in [-0.39, 0.29) is 4.90 Å². The van der Waals surface area contributed by atoms with Crippen LogP contribution >= 0.6 is 0 Å². The Morgan fingerprint density at radius 1 is 0.825 bits per heavy atom. The molecule has 0 aliphatic carbocycles. The lowest BCUT2D eigenvalue weighted by atomic mass is 9.97. The Morgan fingerprint density at radius 3 is 1.98 bits per heavy atom. The number of fused-ring (bicyclic) bond motifs is 1. The molecule has 0 unspecified atom stereocenters. The number of hydrogen-bond donors (Lipinski definition) is 1. The maximum absolute atomic E-state index is 13.8. The van der Waals surface area contributed by atoms with Gasteiger partial charge in [0.25, 0.3) is 0 Å². The molecular weight excluding hydrogens is 548 g/mol. The zero-order chi connectivity index (χ0) is 29.8. The Hall–Kier alpha value is -3.75. The Morgan fingerprint density at radius 2 is 1.40 bits per heavy atom. The van der Waals surface area contributed by atoms with Gasteiger partial charge in [0.05, 0.1) is 4.90 Å². The van der Waals surface area contributed by atoms with Gasteiger partial charge in [0, 0.05) is 58.3 Å². The maximum atomic E-state index is 13.8. The number of anilines is 1. The molecule has 0 amide bonds. The van der Waals surface area contributed by atoms with Gasteiger partial charge in [-0.1, -0.05) is 24.3 Å². The summed E-state index contributed by atoms with van der Waals surface area (Å²) < 4.78 is 56.9. The average Bonchev–Trinajstić information content (AvgIpc) is 2.84. The average molecular weight is 581 g/mol. The van der Waals surface area contributed by atoms with Crippen molar-refractivity contribution in [2.24, 2.45) is 0 Å². The number of benzene rings is 2. The molecule has 0 aromatic heterocycles. The largest absolute Gasteiger partial charge is 0.463 e. The van der Waals surface area contributed by atoms with Crippen LogP contribution in [0.15, 0.2) is 41.3 Å². The molecule has 3 rings (SSSR count). The lowest BCUT2D eigenvalue weighted by Crippen LogP contribution is -2.66. The first-order chi connectivity index (χ1) is 18.7. The van der Waals surface area contributed by atoms with Gasteiger partial charge in [0.2, 0.25) is 16.3 Å². The molecule has 1 heterocycles. The first kappa shape index (κ1) is 30.8. The van der Waals surface area contributed by atoms with Crippen molar-refractivity contribution in [1.29, 1.82) is 0 Å². The van der Waals surface area contributed by atoms with Crippen LogP contribution in [0.1, 0.15) is 27.7 Å². The first-order valence-electron chi connectivity index (χ1n) is 12.2. The maximum Gasteiger partial charge on any atom is 0.304 e. The van der Waals surface area contributed by atoms with Gasteiger partial charge in [0.15, 0.2) is 12.2 Å². The van der Waals surface area contributed by atoms with Crippen molar-refractivity contribution in [1.82, 2.24) is 4.72 Å². The number of ether oxygens (including phenoxy) is 5. The van der Waals surface area contributed by atoms with E-state index in [0.29, 0.717) is 10.8 Å². The van der Waals surface area contributed by atoms with Gasteiger partial charge in [-0.05, 0) is 12.1 Å². The third kappa shape index (κ3) is 7.25. The Kier molecular flexibility index (Phi) is 9.71. The molecule has 0 bridgehead atoms. The normalized spacial score (nSPS) is 22.7. The molecule has 1 fully saturated rings. The van der Waals surface area contributed by atoms with E-state index in [2.05, 4.69) is 4.72 Å². The number of carbonyl (C=O) groups is 4. The van der Waals surface area contributed by atoms with Gasteiger partial charge in [-0.3, -0.25) is 19.2 Å². The molecular formula is C26H32N2O11S. The molecule has 13 nitrogen and oxygen atoms in total. The number of nitrogens with one attached hydrogen (secondary N) is 1. The van der Waals surface area contributed by atoms with Crippen LogP contribution in [0.2, 0.25) is 0 Å². The zero-order valence-corrected chi connectivity index (χ0v) is 23.7. The summed E-state index contributed by atoms with van der Waals surface area (Å²) in [6.07, 6.45) is -5.91. The number of sulfonamides is 1. The number of hydrogen-bond acceptors (Lipinski definition) is 12. The lowest BCUT2D eigenvalue weighted by molar-refractivity contribution is -0.269. The number of esters is 4. The minimum Gasteiger partial charge on any atom is -0.463 e. The second kappa shape index (κ2) is 12.6. The molecule has 1 N–H and O–H groups in total. The molecule has 2 aromatic rings. The van der Waals surface area contributed by atoms with Gasteiger partial charge in [0.1, 0.15) is 18.8 Å². The highest BCUT2D eigenvalue weighted by Crippen LogP contribution is 2.32. The summed E-state index contributed by atoms with van der Waals surface area (Å²) in [5, 5.41) is 1.05. The van der Waals surface area contributed by atoms with E-state index in [9.17, 15) is 27.6 Å². The van der Waals surface area contributed by atoms with E-state index in [4.69, 9.17) is 23.7 Å². The highest BCUT2D eigenvalue weighted by Gasteiger charge is 2.53. The molecule has 0 spiro atoms. The predicted octanol–water partition coefficient (Wildman–Crippen LogP) is 1.27. The van der Waals surface area contributed by atoms with Crippen LogP contribution in [-0.4, -0.2) is 83.6 Å². The fourth-order valence-corrected chi connectivity index (χ4v) is 5.88. The number of rotatable bonds is 9. The molecule has 2 aromatic carbocycles. The van der Waals surface area contributed by atoms with E-state index >= 15 is 0 Å². The Balaban J connectivity index is 2.13. The van der Waals surface area contributed by atoms with Crippen LogP contribution in [0.5, 0.6) is 0 Å². The summed E-state index contributed by atoms with van der Waals surface area (Å²) in [6, 6.07) is 8.35. The fourth-order valence-electron chi connectivity index (χ4n) is 4.42. The molecule has 1 saturated heterocycles. The summed E-state index contributed by atoms with van der Waals surface area (Å²) in [6.45, 7) is 3.89. The topological polar surface area (TPSA) is 164 Å². The third-order valence-electron chi connectivity index (χ3n) is 5.90. The monoisotopic (exact) mass is 580 g/mol. The van der Waals surface area contributed by atoms with Gasteiger partial charge < -0.3 is 28.6 Å². The molecule has 5 atom stereocenters. The molecule has 14 heteroatoms. The SMILES string of the molecule is CC(=O)OC[C@H]1O[C@@H](OC(C)=O)[C@H](NS(=O)(=O)c2cccc3c(N(C)C)cccc23)[C@@H](OC(C)=O)[C@@H]1OC(C)=O. The van der Waals surface area contributed by atoms with Crippen molar-refractivity contribution >= 4 is 50.4 Å². The van der Waals surface area contributed by atoms with E-state index in [1.54, 1.807) is 24.3 Å². The van der Waals surface area contributed by atoms with Crippen LogP contribution in [-0.2, 0) is 52.9 Å². The van der Waals surface area contributed by atoms with Crippen LogP contribution in [0.25, 0.3) is 10.8 Å². The fraction of sp³-hybridized carbons (Fsp3) is 0.462. The summed E-state index contributed by atoms with van der Waals surface area (Å²) >= 11 is 0. The van der Waals surface area contributed by atoms with Crippen molar-refractivity contribution in [3.63, 3.8) is 0 Å². The summed E-state index contributed by atoms with van der Waals surface area (Å²) in [5.74, 6) is -3.18. The highest BCUT2D eigenvalue weighted by atomic mass is 32.2. The Bertz CT molecular complexity index is 1390. The van der Waals surface area contributed by atoms with Crippen LogP contribution < -0.4 is 9.62 Å². The molecule has 1 aliphatic heterocycles. The van der Waals surface area contributed by atoms with Gasteiger partial charge in [-0.25, -0.2) is 8.42 Å². The standard InChI is InChI=1S/C26H32N2O11S/c1-14(29)35-13-21-24(36-15(2)30)25(37-16(3)31)23(26(39-21)38-17(4)32)27-40(33,34)22-12-8-9-18-19(22)10-7-11-20(18)28(5)6/h7-12,21,23-27H,13H2,1-6H3/t21-,23-,24-,25-,26-/m1/s1. The molecule has 0 radical (unpaired) electrons. The van der Waals surface area contributed by atoms with E-state index in [1.807, 2.05) is 25.1 Å². The zero-order valence-electron chi connectivity index (χ0n) is 22.9. The van der Waals surface area contributed by atoms with Gasteiger partial charge >= 0.3 is 23.9 Å². The smallest absolute Gasteiger partial charge is 0.304 e. The molecule has 40 heavy (non-hydrogen) atoms. The van der Waals surface area contributed by atoms with Crippen molar-refractivity contribution in [3.05, 3.63) is 36.4 Å². The van der Waals surface area contributed by atoms with Crippen LogP contribution in [0.3, 0.4) is 0 Å². The predicted molar refractivity (Wildman–Crippen MR) is 141 cm³/mol. The second-order valence-corrected chi connectivity index (χ2v) is 11.0. The summed E-state index contributed by atoms with van der Waals surface area (Å²) in [5.41, 5.74) is 0.773. The quantitative estimate of drug-likeness (QED) is 0.334. The van der Waals surface area contributed by atoms with Crippen LogP contribution in [0, 0.1) is 0 Å². The van der Waals surface area contributed by atoms with Crippen molar-refractivity contribution in [2.45, 2.75) is 63.2 Å². The number of nitrogens with zero attached hydrogens (tertiary/aromatic N) is 1. The molecule has 218 valence electrons. The second-order valence-electron chi connectivity index (χ2n) is 9.27. The Labute approximate surface area is 231 Å². The highest BCUT2D eigenvalue weighted by molar-refractivity contribution is 7.89. The summed E-state index contributed by atoms with van der Waals surface area (Å²) in [7, 11) is -0.775. The van der Waals surface area contributed by atoms with E-state index in [0.717, 1.165) is 33.4 Å². The van der Waals surface area contributed by atoms with Gasteiger partial charge in [-0.15, -0.1) is 0 Å². The van der Waals surface area contributed by atoms with Crippen molar-refractivity contribution in [2.75, 3.05) is 25.6 Å². The first-order valence-corrected chi connectivity index (χ1v) is 13.7. The van der Waals surface area contributed by atoms with Crippen LogP contribution in [0.4, 0.5) is 5.69 Å². The van der Waals surface area contributed by atoms with Crippen molar-refractivity contribution in [3.8, 4) is 0 Å². The van der Waals surface area contributed by atoms with E-state index < -0.39 is 71.2 Å². The minimum absolute atomic E-state index is 0.108. The number of carbonyl (C=O) groups excluding carboxylic acids is 4. The summed E-state index contributed by atoms with van der Waals surface area (Å²) in [4.78, 5) is 49.3. The lowest BCUT2D eigenvalue weighted by Gasteiger charge is -2.44.